The zero-order chi connectivity index (χ0) is 20.1. The molecule has 0 aliphatic carbocycles. The molecule has 2 aromatic carbocycles. The number of hydrogen-bond donors (Lipinski definition) is 2. The van der Waals surface area contributed by atoms with Gasteiger partial charge in [-0.3, -0.25) is 4.90 Å². The predicted octanol–water partition coefficient (Wildman–Crippen LogP) is 3.75. The van der Waals surface area contributed by atoms with Crippen LogP contribution in [0.4, 0.5) is 16.2 Å². The smallest absolute Gasteiger partial charge is 0.321 e. The number of benzene rings is 2. The van der Waals surface area contributed by atoms with E-state index < -0.39 is 0 Å². The first-order valence-corrected chi connectivity index (χ1v) is 10.1. The van der Waals surface area contributed by atoms with Crippen LogP contribution in [0.15, 0.2) is 61.1 Å². The summed E-state index contributed by atoms with van der Waals surface area (Å²) >= 11 is 0. The van der Waals surface area contributed by atoms with Gasteiger partial charge >= 0.3 is 6.03 Å². The SMILES string of the molecule is CN(C(=O)NCCCc1ccccc1)c1ccc2c(c1)N(Cc1cnc[nH]1)CC2. The molecular formula is C23H27N5O. The molecule has 0 saturated carbocycles. The average Bonchev–Trinajstić information content (AvgIpc) is 3.41. The van der Waals surface area contributed by atoms with Crippen molar-refractivity contribution in [2.45, 2.75) is 25.8 Å². The lowest BCUT2D eigenvalue weighted by molar-refractivity contribution is 0.247. The van der Waals surface area contributed by atoms with E-state index in [0.717, 1.165) is 43.7 Å². The molecule has 1 aromatic heterocycles. The van der Waals surface area contributed by atoms with Gasteiger partial charge in [-0.05, 0) is 42.5 Å². The maximum Gasteiger partial charge on any atom is 0.321 e. The molecule has 1 aliphatic heterocycles. The molecule has 2 N–H and O–H groups in total. The summed E-state index contributed by atoms with van der Waals surface area (Å²) in [5.74, 6) is 0. The standard InChI is InChI=1S/C23H27N5O/c1-27(23(29)25-12-5-8-18-6-3-2-4-7-18)21-10-9-19-11-13-28(22(19)14-21)16-20-15-24-17-26-20/h2-4,6-7,9-10,14-15,17H,5,8,11-13,16H2,1H3,(H,24,26)(H,25,29). The second-order valence-electron chi connectivity index (χ2n) is 7.44. The van der Waals surface area contributed by atoms with E-state index in [2.05, 4.69) is 44.5 Å². The number of urea groups is 1. The third kappa shape index (κ3) is 4.59. The van der Waals surface area contributed by atoms with Crippen molar-refractivity contribution < 1.29 is 4.79 Å². The summed E-state index contributed by atoms with van der Waals surface area (Å²) in [6, 6.07) is 16.6. The van der Waals surface area contributed by atoms with Crippen LogP contribution in [0.25, 0.3) is 0 Å². The van der Waals surface area contributed by atoms with Gasteiger partial charge in [-0.1, -0.05) is 36.4 Å². The Morgan fingerprint density at radius 3 is 2.90 bits per heavy atom. The third-order valence-corrected chi connectivity index (χ3v) is 5.43. The Kier molecular flexibility index (Phi) is 5.79. The minimum absolute atomic E-state index is 0.0730. The first kappa shape index (κ1) is 19.1. The van der Waals surface area contributed by atoms with Gasteiger partial charge in [-0.2, -0.15) is 0 Å². The van der Waals surface area contributed by atoms with Crippen molar-refractivity contribution in [3.63, 3.8) is 0 Å². The molecule has 2 heterocycles. The molecule has 0 fully saturated rings. The van der Waals surface area contributed by atoms with Crippen molar-refractivity contribution in [3.05, 3.63) is 77.9 Å². The molecule has 0 spiro atoms. The van der Waals surface area contributed by atoms with Crippen LogP contribution in [-0.2, 0) is 19.4 Å². The Labute approximate surface area is 171 Å². The summed E-state index contributed by atoms with van der Waals surface area (Å²) in [6.45, 7) is 2.44. The fourth-order valence-corrected chi connectivity index (χ4v) is 3.75. The van der Waals surface area contributed by atoms with Crippen LogP contribution in [0, 0.1) is 0 Å². The fourth-order valence-electron chi connectivity index (χ4n) is 3.75. The minimum atomic E-state index is -0.0730. The summed E-state index contributed by atoms with van der Waals surface area (Å²) in [4.78, 5) is 23.9. The van der Waals surface area contributed by atoms with Crippen LogP contribution < -0.4 is 15.1 Å². The van der Waals surface area contributed by atoms with E-state index in [0.29, 0.717) is 6.54 Å². The van der Waals surface area contributed by atoms with E-state index in [1.165, 1.54) is 16.8 Å². The van der Waals surface area contributed by atoms with Gasteiger partial charge in [0.2, 0.25) is 0 Å². The topological polar surface area (TPSA) is 64.3 Å². The van der Waals surface area contributed by atoms with Crippen molar-refractivity contribution >= 4 is 17.4 Å². The Balaban J connectivity index is 1.33. The summed E-state index contributed by atoms with van der Waals surface area (Å²) in [6.07, 6.45) is 6.48. The molecule has 1 aliphatic rings. The number of aromatic nitrogens is 2. The molecule has 0 bridgehead atoms. The highest BCUT2D eigenvalue weighted by Crippen LogP contribution is 2.32. The molecule has 0 unspecified atom stereocenters. The Hall–Kier alpha value is -3.28. The van der Waals surface area contributed by atoms with Crippen LogP contribution in [0.2, 0.25) is 0 Å². The summed E-state index contributed by atoms with van der Waals surface area (Å²) in [5, 5.41) is 3.03. The summed E-state index contributed by atoms with van der Waals surface area (Å²) in [7, 11) is 1.82. The molecule has 0 atom stereocenters. The minimum Gasteiger partial charge on any atom is -0.365 e. The quantitative estimate of drug-likeness (QED) is 0.605. The molecule has 0 radical (unpaired) electrons. The highest BCUT2D eigenvalue weighted by molar-refractivity contribution is 5.92. The third-order valence-electron chi connectivity index (χ3n) is 5.43. The van der Waals surface area contributed by atoms with Crippen LogP contribution >= 0.6 is 0 Å². The second kappa shape index (κ2) is 8.82. The van der Waals surface area contributed by atoms with E-state index >= 15 is 0 Å². The number of imidazole rings is 1. The molecule has 3 aromatic rings. The van der Waals surface area contributed by atoms with Crippen molar-refractivity contribution in [2.75, 3.05) is 29.9 Å². The van der Waals surface area contributed by atoms with Crippen molar-refractivity contribution in [1.82, 2.24) is 15.3 Å². The number of amides is 2. The van der Waals surface area contributed by atoms with Crippen molar-refractivity contribution in [1.29, 1.82) is 0 Å². The van der Waals surface area contributed by atoms with Gasteiger partial charge in [-0.15, -0.1) is 0 Å². The van der Waals surface area contributed by atoms with Gasteiger partial charge in [0.25, 0.3) is 0 Å². The molecule has 2 amide bonds. The normalized spacial score (nSPS) is 12.7. The molecule has 4 rings (SSSR count). The highest BCUT2D eigenvalue weighted by Gasteiger charge is 2.21. The summed E-state index contributed by atoms with van der Waals surface area (Å²) in [5.41, 5.74) is 5.81. The maximum absolute atomic E-state index is 12.6. The number of carbonyl (C=O) groups is 1. The number of anilines is 2. The number of aryl methyl sites for hydroxylation is 1. The Bertz CT molecular complexity index is 939. The highest BCUT2D eigenvalue weighted by atomic mass is 16.2. The van der Waals surface area contributed by atoms with E-state index in [-0.39, 0.29) is 6.03 Å². The lowest BCUT2D eigenvalue weighted by atomic mass is 10.1. The molecule has 150 valence electrons. The average molecular weight is 390 g/mol. The lowest BCUT2D eigenvalue weighted by Gasteiger charge is -2.22. The Morgan fingerprint density at radius 2 is 2.10 bits per heavy atom. The van der Waals surface area contributed by atoms with Gasteiger partial charge in [0.1, 0.15) is 0 Å². The Morgan fingerprint density at radius 1 is 1.24 bits per heavy atom. The van der Waals surface area contributed by atoms with Crippen molar-refractivity contribution in [3.8, 4) is 0 Å². The van der Waals surface area contributed by atoms with Gasteiger partial charge < -0.3 is 15.2 Å². The van der Waals surface area contributed by atoms with Gasteiger partial charge in [-0.25, -0.2) is 9.78 Å². The number of hydrogen-bond acceptors (Lipinski definition) is 3. The molecule has 29 heavy (non-hydrogen) atoms. The van der Waals surface area contributed by atoms with E-state index in [4.69, 9.17) is 0 Å². The zero-order valence-electron chi connectivity index (χ0n) is 16.8. The number of aromatic amines is 1. The number of fused-ring (bicyclic) bond motifs is 1. The van der Waals surface area contributed by atoms with Crippen LogP contribution in [0.3, 0.4) is 0 Å². The number of nitrogens with zero attached hydrogens (tertiary/aromatic N) is 3. The van der Waals surface area contributed by atoms with E-state index in [1.54, 1.807) is 11.2 Å². The monoisotopic (exact) mass is 389 g/mol. The number of H-pyrrole nitrogens is 1. The van der Waals surface area contributed by atoms with Crippen LogP contribution in [0.1, 0.15) is 23.2 Å². The fraction of sp³-hybridized carbons (Fsp3) is 0.304. The molecule has 6 heteroatoms. The molecule has 6 nitrogen and oxygen atoms in total. The predicted molar refractivity (Wildman–Crippen MR) is 116 cm³/mol. The van der Waals surface area contributed by atoms with Crippen molar-refractivity contribution in [2.24, 2.45) is 0 Å². The number of nitrogens with one attached hydrogen (secondary N) is 2. The second-order valence-corrected chi connectivity index (χ2v) is 7.44. The van der Waals surface area contributed by atoms with Gasteiger partial charge in [0.05, 0.1) is 18.6 Å². The zero-order valence-corrected chi connectivity index (χ0v) is 16.8. The first-order valence-electron chi connectivity index (χ1n) is 10.1. The lowest BCUT2D eigenvalue weighted by Crippen LogP contribution is -2.38. The molecular weight excluding hydrogens is 362 g/mol. The van der Waals surface area contributed by atoms with Gasteiger partial charge in [0.15, 0.2) is 0 Å². The van der Waals surface area contributed by atoms with Crippen LogP contribution in [0.5, 0.6) is 0 Å². The van der Waals surface area contributed by atoms with Crippen LogP contribution in [-0.4, -0.2) is 36.1 Å². The largest absolute Gasteiger partial charge is 0.365 e. The maximum atomic E-state index is 12.6. The summed E-state index contributed by atoms with van der Waals surface area (Å²) < 4.78 is 0. The first-order chi connectivity index (χ1) is 14.2. The van der Waals surface area contributed by atoms with Gasteiger partial charge in [0, 0.05) is 37.7 Å². The number of carbonyl (C=O) groups excluding carboxylic acids is 1. The molecule has 0 saturated heterocycles. The number of rotatable bonds is 7. The van der Waals surface area contributed by atoms with E-state index in [9.17, 15) is 4.79 Å². The van der Waals surface area contributed by atoms with E-state index in [1.807, 2.05) is 37.5 Å².